The Morgan fingerprint density at radius 3 is 2.70 bits per heavy atom. The topological polar surface area (TPSA) is 125 Å². The van der Waals surface area contributed by atoms with E-state index in [-0.39, 0.29) is 24.0 Å². The van der Waals surface area contributed by atoms with E-state index in [4.69, 9.17) is 4.42 Å². The predicted octanol–water partition coefficient (Wildman–Crippen LogP) is 1.97. The lowest BCUT2D eigenvalue weighted by atomic mass is 10.2. The molecule has 3 heterocycles. The highest BCUT2D eigenvalue weighted by Crippen LogP contribution is 2.25. The van der Waals surface area contributed by atoms with Gasteiger partial charge in [0.2, 0.25) is 10.0 Å². The van der Waals surface area contributed by atoms with Gasteiger partial charge in [-0.05, 0) is 25.1 Å². The van der Waals surface area contributed by atoms with Gasteiger partial charge in [0.15, 0.2) is 5.69 Å². The molecule has 0 aliphatic rings. The Morgan fingerprint density at radius 1 is 1.20 bits per heavy atom. The molecule has 0 unspecified atom stereocenters. The molecule has 0 aliphatic heterocycles. The van der Waals surface area contributed by atoms with Crippen molar-refractivity contribution < 1.29 is 21.6 Å². The Labute approximate surface area is 169 Å². The molecule has 11 nitrogen and oxygen atoms in total. The van der Waals surface area contributed by atoms with Crippen molar-refractivity contribution >= 4 is 26.6 Å². The minimum absolute atomic E-state index is 0.0466. The molecule has 30 heavy (non-hydrogen) atoms. The first kappa shape index (κ1) is 19.9. The van der Waals surface area contributed by atoms with Gasteiger partial charge in [0.05, 0.1) is 29.4 Å². The van der Waals surface area contributed by atoms with Crippen LogP contribution in [0, 0.1) is 0 Å². The minimum atomic E-state index is -3.69. The van der Waals surface area contributed by atoms with Gasteiger partial charge in [0.25, 0.3) is 11.8 Å². The average Bonchev–Trinajstić information content (AvgIpc) is 3.46. The molecule has 3 aromatic heterocycles. The van der Waals surface area contributed by atoms with Crippen molar-refractivity contribution in [1.82, 2.24) is 35.0 Å². The fourth-order valence-electron chi connectivity index (χ4n) is 2.78. The normalized spacial score (nSPS) is 12.2. The maximum Gasteiger partial charge on any atom is 0.314 e. The molecule has 0 atom stereocenters. The standard InChI is InChI=1S/C16H16F2N8O3S/c1-3-30(27,28)25(11-5-4-10-7-19-24(2)13(10)6-11)9-26-20-8-12(23-26)15-21-22-16(29-15)14(17)18/h4-8,14H,3,9H2,1-2H3. The smallest absolute Gasteiger partial charge is 0.314 e. The molecule has 0 radical (unpaired) electrons. The fraction of sp³-hybridized carbons (Fsp3) is 0.312. The first-order valence-corrected chi connectivity index (χ1v) is 10.3. The quantitative estimate of drug-likeness (QED) is 0.429. The van der Waals surface area contributed by atoms with Gasteiger partial charge >= 0.3 is 6.43 Å². The van der Waals surface area contributed by atoms with Crippen LogP contribution in [0.5, 0.6) is 0 Å². The van der Waals surface area contributed by atoms with E-state index in [1.165, 1.54) is 13.1 Å². The number of hydrogen-bond donors (Lipinski definition) is 0. The number of sulfonamides is 1. The maximum atomic E-state index is 12.7. The van der Waals surface area contributed by atoms with Crippen molar-refractivity contribution in [2.45, 2.75) is 20.0 Å². The highest BCUT2D eigenvalue weighted by molar-refractivity contribution is 7.92. The molecule has 0 aliphatic carbocycles. The van der Waals surface area contributed by atoms with Gasteiger partial charge in [-0.1, -0.05) is 0 Å². The SMILES string of the molecule is CCS(=O)(=O)N(Cn1ncc(-c2nnc(C(F)F)o2)n1)c1ccc2cnn(C)c2c1. The number of alkyl halides is 2. The molecular weight excluding hydrogens is 422 g/mol. The number of benzene rings is 1. The maximum absolute atomic E-state index is 12.7. The third-order valence-corrected chi connectivity index (χ3v) is 6.09. The molecule has 0 spiro atoms. The summed E-state index contributed by atoms with van der Waals surface area (Å²) in [4.78, 5) is 1.10. The second-order valence-electron chi connectivity index (χ2n) is 6.25. The largest absolute Gasteiger partial charge is 0.413 e. The summed E-state index contributed by atoms with van der Waals surface area (Å²) in [6, 6.07) is 5.13. The molecule has 158 valence electrons. The molecular formula is C16H16F2N8O3S. The van der Waals surface area contributed by atoms with E-state index in [0.717, 1.165) is 20.0 Å². The Hall–Kier alpha value is -3.42. The number of fused-ring (bicyclic) bond motifs is 1. The number of halogens is 2. The molecule has 4 aromatic rings. The van der Waals surface area contributed by atoms with Gasteiger partial charge in [-0.3, -0.25) is 4.68 Å². The minimum Gasteiger partial charge on any atom is -0.413 e. The number of hydrogen-bond acceptors (Lipinski definition) is 8. The summed E-state index contributed by atoms with van der Waals surface area (Å²) in [5, 5.41) is 19.8. The zero-order chi connectivity index (χ0) is 21.5. The van der Waals surface area contributed by atoms with Gasteiger partial charge in [-0.15, -0.1) is 15.3 Å². The lowest BCUT2D eigenvalue weighted by Crippen LogP contribution is -2.35. The number of aryl methyl sites for hydroxylation is 1. The lowest BCUT2D eigenvalue weighted by Gasteiger charge is -2.23. The lowest BCUT2D eigenvalue weighted by molar-refractivity contribution is 0.116. The average molecular weight is 438 g/mol. The Balaban J connectivity index is 1.67. The zero-order valence-electron chi connectivity index (χ0n) is 15.8. The van der Waals surface area contributed by atoms with Crippen LogP contribution in [-0.4, -0.2) is 49.1 Å². The summed E-state index contributed by atoms with van der Waals surface area (Å²) >= 11 is 0. The highest BCUT2D eigenvalue weighted by atomic mass is 32.2. The van der Waals surface area contributed by atoms with Crippen LogP contribution in [0.25, 0.3) is 22.5 Å². The van der Waals surface area contributed by atoms with Crippen LogP contribution >= 0.6 is 0 Å². The van der Waals surface area contributed by atoms with E-state index in [1.54, 1.807) is 36.1 Å². The van der Waals surface area contributed by atoms with Crippen LogP contribution in [0.2, 0.25) is 0 Å². The van der Waals surface area contributed by atoms with Gasteiger partial charge in [0, 0.05) is 12.4 Å². The zero-order valence-corrected chi connectivity index (χ0v) is 16.7. The monoisotopic (exact) mass is 438 g/mol. The summed E-state index contributed by atoms with van der Waals surface area (Å²) in [5.41, 5.74) is 1.21. The summed E-state index contributed by atoms with van der Waals surface area (Å²) in [6.07, 6.45) is -0.00514. The fourth-order valence-corrected chi connectivity index (χ4v) is 3.80. The van der Waals surface area contributed by atoms with Crippen molar-refractivity contribution in [3.05, 3.63) is 36.5 Å². The van der Waals surface area contributed by atoms with Crippen molar-refractivity contribution in [2.24, 2.45) is 7.05 Å². The first-order valence-electron chi connectivity index (χ1n) is 8.72. The van der Waals surface area contributed by atoms with Crippen molar-refractivity contribution in [2.75, 3.05) is 10.1 Å². The Bertz CT molecular complexity index is 1300. The molecule has 0 saturated heterocycles. The molecule has 0 saturated carbocycles. The number of aromatic nitrogens is 7. The third-order valence-electron chi connectivity index (χ3n) is 4.36. The van der Waals surface area contributed by atoms with E-state index >= 15 is 0 Å². The van der Waals surface area contributed by atoms with E-state index < -0.39 is 22.3 Å². The van der Waals surface area contributed by atoms with Crippen molar-refractivity contribution in [3.8, 4) is 11.6 Å². The van der Waals surface area contributed by atoms with Gasteiger partial charge < -0.3 is 4.42 Å². The second kappa shape index (κ2) is 7.44. The van der Waals surface area contributed by atoms with Crippen molar-refractivity contribution in [3.63, 3.8) is 0 Å². The van der Waals surface area contributed by atoms with E-state index in [9.17, 15) is 17.2 Å². The third kappa shape index (κ3) is 3.60. The van der Waals surface area contributed by atoms with E-state index in [1.807, 2.05) is 0 Å². The molecule has 0 N–H and O–H groups in total. The van der Waals surface area contributed by atoms with E-state index in [2.05, 4.69) is 25.5 Å². The molecule has 1 aromatic carbocycles. The molecule has 0 amide bonds. The van der Waals surface area contributed by atoms with Gasteiger partial charge in [0.1, 0.15) is 6.67 Å². The van der Waals surface area contributed by atoms with Crippen LogP contribution in [0.1, 0.15) is 19.2 Å². The summed E-state index contributed by atoms with van der Waals surface area (Å²) in [7, 11) is -1.93. The van der Waals surface area contributed by atoms with Crippen molar-refractivity contribution in [1.29, 1.82) is 0 Å². The molecule has 0 fully saturated rings. The Morgan fingerprint density at radius 2 is 2.00 bits per heavy atom. The Kier molecular flexibility index (Phi) is 4.93. The van der Waals surface area contributed by atoms with Crippen LogP contribution < -0.4 is 4.31 Å². The number of nitrogens with zero attached hydrogens (tertiary/aromatic N) is 8. The molecule has 14 heteroatoms. The highest BCUT2D eigenvalue weighted by Gasteiger charge is 2.24. The molecule has 0 bridgehead atoms. The van der Waals surface area contributed by atoms with Crippen LogP contribution in [0.3, 0.4) is 0 Å². The predicted molar refractivity (Wildman–Crippen MR) is 101 cm³/mol. The van der Waals surface area contributed by atoms with Gasteiger partial charge in [-0.25, -0.2) is 12.7 Å². The summed E-state index contributed by atoms with van der Waals surface area (Å²) < 4.78 is 58.4. The van der Waals surface area contributed by atoms with Gasteiger partial charge in [-0.2, -0.15) is 23.8 Å². The molecule has 4 rings (SSSR count). The van der Waals surface area contributed by atoms with Crippen LogP contribution in [-0.2, 0) is 23.7 Å². The number of rotatable bonds is 7. The summed E-state index contributed by atoms with van der Waals surface area (Å²) in [6.45, 7) is 1.28. The number of anilines is 1. The first-order chi connectivity index (χ1) is 14.3. The van der Waals surface area contributed by atoms with E-state index in [0.29, 0.717) is 5.69 Å². The van der Waals surface area contributed by atoms with Crippen LogP contribution in [0.4, 0.5) is 14.5 Å². The summed E-state index contributed by atoms with van der Waals surface area (Å²) in [5.74, 6) is -1.22. The second-order valence-corrected chi connectivity index (χ2v) is 8.43. The van der Waals surface area contributed by atoms with Crippen LogP contribution in [0.15, 0.2) is 35.0 Å².